The van der Waals surface area contributed by atoms with Crippen LogP contribution >= 0.6 is 0 Å². The number of carbonyl (C=O) groups is 6. The maximum atomic E-state index is 14.0. The summed E-state index contributed by atoms with van der Waals surface area (Å²) < 4.78 is 30.2. The van der Waals surface area contributed by atoms with E-state index < -0.39 is 112 Å². The molecule has 5 fully saturated rings. The summed E-state index contributed by atoms with van der Waals surface area (Å²) in [6, 6.07) is 0. The molecule has 2 spiro atoms. The van der Waals surface area contributed by atoms with Crippen molar-refractivity contribution in [1.29, 1.82) is 0 Å². The largest absolute Gasteiger partial charge is 0.465 e. The first-order valence-corrected chi connectivity index (χ1v) is 16.8. The van der Waals surface area contributed by atoms with Crippen LogP contribution in [0, 0.1) is 51.2 Å². The first kappa shape index (κ1) is 34.3. The summed E-state index contributed by atoms with van der Waals surface area (Å²) in [7, 11) is 0. The molecule has 1 aliphatic heterocycles. The highest BCUT2D eigenvalue weighted by Gasteiger charge is 2.84. The molecule has 2 bridgehead atoms. The Kier molecular flexibility index (Phi) is 8.04. The number of cyclic esters (lactones) is 1. The number of allylic oxidation sites excluding steroid dienone is 2. The molecular formula is C36H46O12. The summed E-state index contributed by atoms with van der Waals surface area (Å²) in [5, 5.41) is 11.4. The van der Waals surface area contributed by atoms with Crippen molar-refractivity contribution in [3.63, 3.8) is 0 Å². The van der Waals surface area contributed by atoms with E-state index in [0.717, 1.165) is 0 Å². The Morgan fingerprint density at radius 2 is 1.50 bits per heavy atom. The number of ether oxygens (including phenoxy) is 5. The van der Waals surface area contributed by atoms with Gasteiger partial charge in [-0.15, -0.1) is 0 Å². The highest BCUT2D eigenvalue weighted by Crippen LogP contribution is 2.80. The van der Waals surface area contributed by atoms with E-state index in [1.807, 2.05) is 26.8 Å². The molecule has 1 unspecified atom stereocenters. The van der Waals surface area contributed by atoms with Crippen LogP contribution in [0.5, 0.6) is 0 Å². The Hall–Kier alpha value is -3.54. The fourth-order valence-corrected chi connectivity index (χ4v) is 10.9. The number of hydrogen-bond donors (Lipinski definition) is 1. The molecule has 1 saturated heterocycles. The lowest BCUT2D eigenvalue weighted by molar-refractivity contribution is -0.337. The van der Waals surface area contributed by atoms with Gasteiger partial charge in [-0.1, -0.05) is 52.3 Å². The lowest BCUT2D eigenvalue weighted by Crippen LogP contribution is -2.80. The normalized spacial score (nSPS) is 43.4. The van der Waals surface area contributed by atoms with Crippen molar-refractivity contribution >= 4 is 35.6 Å². The van der Waals surface area contributed by atoms with E-state index in [1.54, 1.807) is 19.9 Å². The number of esters is 5. The quantitative estimate of drug-likeness (QED) is 0.250. The first-order valence-electron chi connectivity index (χ1n) is 16.8. The van der Waals surface area contributed by atoms with Crippen molar-refractivity contribution in [3.8, 4) is 0 Å². The molecular weight excluding hydrogens is 624 g/mol. The molecule has 0 aromatic heterocycles. The highest BCUT2D eigenvalue weighted by atomic mass is 16.6. The van der Waals surface area contributed by atoms with E-state index in [-0.39, 0.29) is 25.2 Å². The van der Waals surface area contributed by atoms with Crippen LogP contribution in [0.25, 0.3) is 0 Å². The van der Waals surface area contributed by atoms with Crippen LogP contribution in [0.4, 0.5) is 0 Å². The van der Waals surface area contributed by atoms with Gasteiger partial charge in [0.2, 0.25) is 0 Å². The Morgan fingerprint density at radius 1 is 0.896 bits per heavy atom. The third-order valence-corrected chi connectivity index (χ3v) is 12.4. The molecule has 6 aliphatic carbocycles. The third-order valence-electron chi connectivity index (χ3n) is 12.4. The van der Waals surface area contributed by atoms with Gasteiger partial charge in [-0.2, -0.15) is 0 Å². The number of ketones is 1. The molecule has 12 atom stereocenters. The van der Waals surface area contributed by atoms with Crippen LogP contribution in [-0.4, -0.2) is 77.9 Å². The average Bonchev–Trinajstić information content (AvgIpc) is 3.46. The van der Waals surface area contributed by atoms with Gasteiger partial charge in [0.25, 0.3) is 0 Å². The van der Waals surface area contributed by atoms with Gasteiger partial charge in [0, 0.05) is 66.1 Å². The van der Waals surface area contributed by atoms with Crippen LogP contribution in [0.3, 0.4) is 0 Å². The molecule has 48 heavy (non-hydrogen) atoms. The van der Waals surface area contributed by atoms with E-state index in [9.17, 15) is 33.9 Å². The van der Waals surface area contributed by atoms with Crippen LogP contribution in [-0.2, 0) is 52.5 Å². The Balaban J connectivity index is 1.64. The molecule has 262 valence electrons. The van der Waals surface area contributed by atoms with Gasteiger partial charge < -0.3 is 28.8 Å². The predicted octanol–water partition coefficient (Wildman–Crippen LogP) is 3.03. The summed E-state index contributed by atoms with van der Waals surface area (Å²) >= 11 is 0. The Bertz CT molecular complexity index is 1520. The van der Waals surface area contributed by atoms with Gasteiger partial charge in [-0.05, 0) is 18.9 Å². The molecule has 12 heteroatoms. The molecule has 0 aromatic carbocycles. The predicted molar refractivity (Wildman–Crippen MR) is 165 cm³/mol. The smallest absolute Gasteiger partial charge is 0.308 e. The van der Waals surface area contributed by atoms with Crippen LogP contribution in [0.15, 0.2) is 23.8 Å². The minimum Gasteiger partial charge on any atom is -0.465 e. The number of hydrogen-bond acceptors (Lipinski definition) is 12. The fraction of sp³-hybridized carbons (Fsp3) is 0.722. The number of aliphatic hydroxyl groups excluding tert-OH is 1. The minimum absolute atomic E-state index is 0.00328. The minimum atomic E-state index is -1.25. The Morgan fingerprint density at radius 3 is 2.04 bits per heavy atom. The second-order valence-corrected chi connectivity index (χ2v) is 15.9. The maximum absolute atomic E-state index is 14.0. The van der Waals surface area contributed by atoms with Crippen LogP contribution < -0.4 is 0 Å². The van der Waals surface area contributed by atoms with Crippen molar-refractivity contribution in [2.75, 3.05) is 6.61 Å². The van der Waals surface area contributed by atoms with Crippen molar-refractivity contribution < 1.29 is 57.6 Å². The van der Waals surface area contributed by atoms with Crippen molar-refractivity contribution in [3.05, 3.63) is 23.8 Å². The number of rotatable bonds is 6. The fourth-order valence-electron chi connectivity index (χ4n) is 10.9. The topological polar surface area (TPSA) is 169 Å². The molecule has 1 heterocycles. The zero-order chi connectivity index (χ0) is 35.3. The number of fused-ring (bicyclic) bond motifs is 2. The standard InChI is InChI=1S/C36H46O12/c1-16(2)32(43)48-31-26(45-17(3)37)28-33(6,7)23(41)9-10-35(28)15-36(31)13-21-12-22(40)25(20-11-24(42)44-14-20)34(21,8)30(47-19(5)39)27(29(35)36)46-18(4)38/h9-10,12,16,20,23,25-31,41H,11,13-15H2,1-8H3/t20?,23-,25-,26-,27+,28+,29-,30+,31-,34-,35-,36-/m1/s1. The molecule has 0 aromatic rings. The van der Waals surface area contributed by atoms with E-state index in [4.69, 9.17) is 23.7 Å². The summed E-state index contributed by atoms with van der Waals surface area (Å²) in [6.45, 7) is 12.7. The van der Waals surface area contributed by atoms with Gasteiger partial charge in [-0.3, -0.25) is 28.8 Å². The lowest BCUT2D eigenvalue weighted by atomic mass is 9.29. The SMILES string of the molecule is CC(=O)O[C@H]1[C@@H](OC(=O)C(C)C)[C@@]23CC4=CC(=O)[C@@H](C5COC(=O)C5)[C@]4(C)[C@@H](OC(C)=O)[C@@H](OC(C)=O)[C@@H]2[C@]2(C=C[C@@H](O)C(C)(C)[C@H]12)C3. The number of carbonyl (C=O) groups excluding carboxylic acids is 6. The van der Waals surface area contributed by atoms with Crippen molar-refractivity contribution in [2.24, 2.45) is 51.2 Å². The van der Waals surface area contributed by atoms with E-state index in [2.05, 4.69) is 0 Å². The van der Waals surface area contributed by atoms with E-state index in [1.165, 1.54) is 26.8 Å². The average molecular weight is 671 g/mol. The van der Waals surface area contributed by atoms with E-state index >= 15 is 0 Å². The van der Waals surface area contributed by atoms with Gasteiger partial charge >= 0.3 is 29.8 Å². The molecule has 12 nitrogen and oxygen atoms in total. The molecule has 4 saturated carbocycles. The van der Waals surface area contributed by atoms with Crippen molar-refractivity contribution in [1.82, 2.24) is 0 Å². The molecule has 0 amide bonds. The summed E-state index contributed by atoms with van der Waals surface area (Å²) in [4.78, 5) is 78.7. The Labute approximate surface area is 279 Å². The third kappa shape index (κ3) is 4.71. The summed E-state index contributed by atoms with van der Waals surface area (Å²) in [6.07, 6.45) is 0.331. The highest BCUT2D eigenvalue weighted by molar-refractivity contribution is 5.97. The number of aliphatic hydroxyl groups is 1. The van der Waals surface area contributed by atoms with Gasteiger partial charge in [-0.25, -0.2) is 0 Å². The van der Waals surface area contributed by atoms with Gasteiger partial charge in [0.05, 0.1) is 25.0 Å². The molecule has 0 radical (unpaired) electrons. The second kappa shape index (κ2) is 11.2. The summed E-state index contributed by atoms with van der Waals surface area (Å²) in [5.41, 5.74) is -3.48. The first-order chi connectivity index (χ1) is 22.3. The van der Waals surface area contributed by atoms with Crippen molar-refractivity contribution in [2.45, 2.75) is 105 Å². The maximum Gasteiger partial charge on any atom is 0.308 e. The molecule has 7 rings (SSSR count). The second-order valence-electron chi connectivity index (χ2n) is 15.9. The zero-order valence-electron chi connectivity index (χ0n) is 28.8. The molecule has 1 N–H and O–H groups in total. The van der Waals surface area contributed by atoms with E-state index in [0.29, 0.717) is 12.0 Å². The summed E-state index contributed by atoms with van der Waals surface area (Å²) in [5.74, 6) is -6.32. The van der Waals surface area contributed by atoms with Crippen LogP contribution in [0.2, 0.25) is 0 Å². The monoisotopic (exact) mass is 670 g/mol. The zero-order valence-corrected chi connectivity index (χ0v) is 28.8. The van der Waals surface area contributed by atoms with Crippen LogP contribution in [0.1, 0.15) is 74.7 Å². The van der Waals surface area contributed by atoms with Gasteiger partial charge in [0.1, 0.15) is 24.4 Å². The molecule has 7 aliphatic rings. The lowest BCUT2D eigenvalue weighted by Gasteiger charge is -2.76. The van der Waals surface area contributed by atoms with Gasteiger partial charge in [0.15, 0.2) is 5.78 Å².